The number of fused-ring (bicyclic) bond motifs is 1. The fourth-order valence-electron chi connectivity index (χ4n) is 3.00. The van der Waals surface area contributed by atoms with Crippen molar-refractivity contribution in [1.82, 2.24) is 15.1 Å². The molecular formula is C16H28N4O2. The molecule has 1 N–H and O–H groups in total. The van der Waals surface area contributed by atoms with E-state index in [4.69, 9.17) is 4.74 Å². The van der Waals surface area contributed by atoms with Crippen molar-refractivity contribution in [3.63, 3.8) is 0 Å². The van der Waals surface area contributed by atoms with Gasteiger partial charge in [0, 0.05) is 46.3 Å². The Balaban J connectivity index is 1.99. The van der Waals surface area contributed by atoms with Gasteiger partial charge in [0.15, 0.2) is 5.96 Å². The van der Waals surface area contributed by atoms with Crippen LogP contribution in [-0.2, 0) is 9.53 Å². The first-order chi connectivity index (χ1) is 10.6. The van der Waals surface area contributed by atoms with Crippen molar-refractivity contribution in [3.8, 4) is 0 Å². The van der Waals surface area contributed by atoms with E-state index in [1.807, 2.05) is 0 Å². The summed E-state index contributed by atoms with van der Waals surface area (Å²) in [5, 5.41) is 3.28. The molecular weight excluding hydrogens is 280 g/mol. The van der Waals surface area contributed by atoms with E-state index in [0.29, 0.717) is 18.6 Å². The number of likely N-dealkylation sites (tertiary alicyclic amines) is 1. The van der Waals surface area contributed by atoms with Crippen LogP contribution in [0.2, 0.25) is 0 Å². The van der Waals surface area contributed by atoms with E-state index in [9.17, 15) is 4.79 Å². The van der Waals surface area contributed by atoms with Crippen molar-refractivity contribution in [1.29, 1.82) is 0 Å². The maximum atomic E-state index is 11.8. The zero-order valence-electron chi connectivity index (χ0n) is 13.8. The van der Waals surface area contributed by atoms with Crippen molar-refractivity contribution < 1.29 is 9.53 Å². The summed E-state index contributed by atoms with van der Waals surface area (Å²) in [6, 6.07) is 0. The van der Waals surface area contributed by atoms with Gasteiger partial charge in [-0.3, -0.25) is 4.79 Å². The molecule has 22 heavy (non-hydrogen) atoms. The molecule has 2 aliphatic heterocycles. The third-order valence-corrected chi connectivity index (χ3v) is 4.28. The zero-order valence-corrected chi connectivity index (χ0v) is 13.8. The quantitative estimate of drug-likeness (QED) is 0.472. The zero-order chi connectivity index (χ0) is 15.9. The summed E-state index contributed by atoms with van der Waals surface area (Å²) < 4.78 is 5.86. The second kappa shape index (κ2) is 8.17. The van der Waals surface area contributed by atoms with Crippen LogP contribution in [-0.4, -0.2) is 74.7 Å². The first-order valence-electron chi connectivity index (χ1n) is 8.07. The average molecular weight is 308 g/mol. The van der Waals surface area contributed by atoms with Gasteiger partial charge in [0.1, 0.15) is 6.54 Å². The minimum Gasteiger partial charge on any atom is -0.378 e. The summed E-state index contributed by atoms with van der Waals surface area (Å²) in [5.41, 5.74) is 0. The topological polar surface area (TPSA) is 57.2 Å². The maximum Gasteiger partial charge on any atom is 0.243 e. The highest BCUT2D eigenvalue weighted by Gasteiger charge is 2.33. The normalized spacial score (nSPS) is 25.4. The van der Waals surface area contributed by atoms with Crippen LogP contribution in [0.1, 0.15) is 19.3 Å². The number of nitrogens with zero attached hydrogens (tertiary/aromatic N) is 3. The summed E-state index contributed by atoms with van der Waals surface area (Å²) >= 11 is 0. The van der Waals surface area contributed by atoms with Crippen molar-refractivity contribution in [3.05, 3.63) is 12.7 Å². The van der Waals surface area contributed by atoms with Gasteiger partial charge in [0.2, 0.25) is 5.91 Å². The highest BCUT2D eigenvalue weighted by molar-refractivity contribution is 5.85. The average Bonchev–Trinajstić information content (AvgIpc) is 2.54. The van der Waals surface area contributed by atoms with Gasteiger partial charge in [0.25, 0.3) is 0 Å². The lowest BCUT2D eigenvalue weighted by Crippen LogP contribution is -2.52. The maximum absolute atomic E-state index is 11.8. The lowest BCUT2D eigenvalue weighted by Gasteiger charge is -2.42. The van der Waals surface area contributed by atoms with Crippen LogP contribution in [0.5, 0.6) is 0 Å². The Kier molecular flexibility index (Phi) is 6.24. The molecule has 0 bridgehead atoms. The lowest BCUT2D eigenvalue weighted by molar-refractivity contribution is -0.127. The van der Waals surface area contributed by atoms with Crippen LogP contribution >= 0.6 is 0 Å². The Morgan fingerprint density at radius 1 is 1.50 bits per heavy atom. The fraction of sp³-hybridized carbons (Fsp3) is 0.750. The Labute approximate surface area is 133 Å². The number of hydrogen-bond acceptors (Lipinski definition) is 3. The van der Waals surface area contributed by atoms with E-state index >= 15 is 0 Å². The molecule has 0 radical (unpaired) electrons. The second-order valence-electron chi connectivity index (χ2n) is 6.14. The second-order valence-corrected chi connectivity index (χ2v) is 6.14. The standard InChI is InChI=1S/C16H28N4O2/c1-4-8-17-16(18-11-15(21)19(2)3)20-9-7-14-13(12-20)6-5-10-22-14/h4,13-14H,1,5-12H2,2-3H3,(H,17,18). The van der Waals surface area contributed by atoms with E-state index in [1.165, 1.54) is 6.42 Å². The third-order valence-electron chi connectivity index (χ3n) is 4.28. The summed E-state index contributed by atoms with van der Waals surface area (Å²) in [7, 11) is 3.50. The molecule has 6 heteroatoms. The van der Waals surface area contributed by atoms with E-state index in [0.717, 1.165) is 38.5 Å². The predicted molar refractivity (Wildman–Crippen MR) is 87.8 cm³/mol. The molecule has 2 atom stereocenters. The van der Waals surface area contributed by atoms with Crippen LogP contribution in [0.15, 0.2) is 17.6 Å². The molecule has 6 nitrogen and oxygen atoms in total. The third kappa shape index (κ3) is 4.47. The number of carbonyl (C=O) groups is 1. The number of guanidine groups is 1. The Morgan fingerprint density at radius 2 is 2.32 bits per heavy atom. The first kappa shape index (κ1) is 16.8. The molecule has 0 aliphatic carbocycles. The SMILES string of the molecule is C=CCNC(=NCC(=O)N(C)C)N1CCC2OCCCC2C1. The largest absolute Gasteiger partial charge is 0.378 e. The minimum absolute atomic E-state index is 0.00814. The molecule has 2 aliphatic rings. The molecule has 2 heterocycles. The van der Waals surface area contributed by atoms with Crippen molar-refractivity contribution >= 4 is 11.9 Å². The van der Waals surface area contributed by atoms with Crippen molar-refractivity contribution in [2.24, 2.45) is 10.9 Å². The van der Waals surface area contributed by atoms with E-state index in [1.54, 1.807) is 25.1 Å². The number of hydrogen-bond donors (Lipinski definition) is 1. The fourth-order valence-corrected chi connectivity index (χ4v) is 3.00. The number of carbonyl (C=O) groups excluding carboxylic acids is 1. The lowest BCUT2D eigenvalue weighted by atomic mass is 9.88. The number of piperidine rings is 1. The van der Waals surface area contributed by atoms with Gasteiger partial charge >= 0.3 is 0 Å². The van der Waals surface area contributed by atoms with Crippen LogP contribution < -0.4 is 5.32 Å². The number of ether oxygens (including phenoxy) is 1. The molecule has 2 fully saturated rings. The smallest absolute Gasteiger partial charge is 0.243 e. The Bertz CT molecular complexity index is 422. The predicted octanol–water partition coefficient (Wildman–Crippen LogP) is 0.707. The molecule has 0 saturated carbocycles. The summed E-state index contributed by atoms with van der Waals surface area (Å²) in [5.74, 6) is 1.38. The molecule has 2 unspecified atom stereocenters. The summed E-state index contributed by atoms with van der Waals surface area (Å²) in [4.78, 5) is 20.1. The number of rotatable bonds is 4. The van der Waals surface area contributed by atoms with Crippen LogP contribution in [0.25, 0.3) is 0 Å². The number of likely N-dealkylation sites (N-methyl/N-ethyl adjacent to an activating group) is 1. The number of aliphatic imine (C=N–C) groups is 1. The number of amides is 1. The van der Waals surface area contributed by atoms with Gasteiger partial charge in [-0.05, 0) is 19.3 Å². The van der Waals surface area contributed by atoms with E-state index < -0.39 is 0 Å². The Morgan fingerprint density at radius 3 is 3.05 bits per heavy atom. The van der Waals surface area contributed by atoms with Gasteiger partial charge in [-0.2, -0.15) is 0 Å². The molecule has 0 aromatic heterocycles. The monoisotopic (exact) mass is 308 g/mol. The number of nitrogens with one attached hydrogen (secondary N) is 1. The van der Waals surface area contributed by atoms with Crippen LogP contribution in [0, 0.1) is 5.92 Å². The minimum atomic E-state index is 0.00814. The van der Waals surface area contributed by atoms with Crippen molar-refractivity contribution in [2.75, 3.05) is 46.9 Å². The highest BCUT2D eigenvalue weighted by atomic mass is 16.5. The molecule has 2 rings (SSSR count). The summed E-state index contributed by atoms with van der Waals surface area (Å²) in [6.07, 6.45) is 5.59. The van der Waals surface area contributed by atoms with Gasteiger partial charge in [-0.1, -0.05) is 6.08 Å². The molecule has 124 valence electrons. The Hall–Kier alpha value is -1.56. The summed E-state index contributed by atoms with van der Waals surface area (Å²) in [6.45, 7) is 7.32. The van der Waals surface area contributed by atoms with Gasteiger partial charge in [0.05, 0.1) is 6.10 Å². The molecule has 1 amide bonds. The van der Waals surface area contributed by atoms with E-state index in [2.05, 4.69) is 21.8 Å². The van der Waals surface area contributed by atoms with Crippen LogP contribution in [0.4, 0.5) is 0 Å². The molecule has 0 spiro atoms. The molecule has 0 aromatic carbocycles. The van der Waals surface area contributed by atoms with Crippen molar-refractivity contribution in [2.45, 2.75) is 25.4 Å². The van der Waals surface area contributed by atoms with Gasteiger partial charge < -0.3 is 19.9 Å². The molecule has 0 aromatic rings. The highest BCUT2D eigenvalue weighted by Crippen LogP contribution is 2.28. The van der Waals surface area contributed by atoms with E-state index in [-0.39, 0.29) is 12.5 Å². The van der Waals surface area contributed by atoms with Gasteiger partial charge in [-0.15, -0.1) is 6.58 Å². The molecule has 2 saturated heterocycles. The van der Waals surface area contributed by atoms with Gasteiger partial charge in [-0.25, -0.2) is 4.99 Å². The van der Waals surface area contributed by atoms with Crippen LogP contribution in [0.3, 0.4) is 0 Å². The first-order valence-corrected chi connectivity index (χ1v) is 8.07.